The third-order valence-corrected chi connectivity index (χ3v) is 3.26. The fourth-order valence-electron chi connectivity index (χ4n) is 1.36. The van der Waals surface area contributed by atoms with Gasteiger partial charge < -0.3 is 4.74 Å². The van der Waals surface area contributed by atoms with E-state index in [1.54, 1.807) is 19.1 Å². The Kier molecular flexibility index (Phi) is 3.61. The molecule has 94 valence electrons. The van der Waals surface area contributed by atoms with Crippen molar-refractivity contribution < 1.29 is 18.3 Å². The van der Waals surface area contributed by atoms with Crippen LogP contribution < -0.4 is 4.74 Å². The van der Waals surface area contributed by atoms with Crippen LogP contribution in [0.15, 0.2) is 18.3 Å². The van der Waals surface area contributed by atoms with Crippen LogP contribution in [-0.2, 0) is 0 Å². The minimum absolute atomic E-state index is 0.196. The van der Waals surface area contributed by atoms with E-state index in [1.165, 1.54) is 6.20 Å². The molecule has 2 aromatic rings. The van der Waals surface area contributed by atoms with Gasteiger partial charge in [-0.15, -0.1) is 11.3 Å². The summed E-state index contributed by atoms with van der Waals surface area (Å²) in [4.78, 5) is 19.1. The van der Waals surface area contributed by atoms with Gasteiger partial charge >= 0.3 is 6.61 Å². The topological polar surface area (TPSA) is 52.1 Å². The van der Waals surface area contributed by atoms with Crippen molar-refractivity contribution in [2.45, 2.75) is 13.5 Å². The molecule has 2 rings (SSSR count). The molecule has 4 nitrogen and oxygen atoms in total. The zero-order valence-corrected chi connectivity index (χ0v) is 10.1. The third-order valence-electron chi connectivity index (χ3n) is 2.14. The molecular formula is C11H8F2N2O2S. The number of carbonyl (C=O) groups is 1. The quantitative estimate of drug-likeness (QED) is 0.801. The number of nitrogens with zero attached hydrogens (tertiary/aromatic N) is 2. The second-order valence-electron chi connectivity index (χ2n) is 3.32. The lowest BCUT2D eigenvalue weighted by Crippen LogP contribution is -2.04. The number of hydrogen-bond donors (Lipinski definition) is 0. The highest BCUT2D eigenvalue weighted by molar-refractivity contribution is 7.16. The summed E-state index contributed by atoms with van der Waals surface area (Å²) in [6.45, 7) is -1.28. The Hall–Kier alpha value is -1.89. The van der Waals surface area contributed by atoms with Gasteiger partial charge in [0, 0.05) is 6.20 Å². The van der Waals surface area contributed by atoms with Gasteiger partial charge in [0.25, 0.3) is 0 Å². The van der Waals surface area contributed by atoms with Crippen molar-refractivity contribution in [3.05, 3.63) is 28.9 Å². The predicted molar refractivity (Wildman–Crippen MR) is 62.1 cm³/mol. The number of ether oxygens (including phenoxy) is 1. The SMILES string of the molecule is Cc1nc(-c2cccnc2OC(F)F)sc1C=O. The first-order chi connectivity index (χ1) is 8.61. The highest BCUT2D eigenvalue weighted by atomic mass is 32.1. The van der Waals surface area contributed by atoms with Gasteiger partial charge in [-0.2, -0.15) is 8.78 Å². The summed E-state index contributed by atoms with van der Waals surface area (Å²) in [7, 11) is 0. The highest BCUT2D eigenvalue weighted by Gasteiger charge is 2.16. The molecule has 0 saturated carbocycles. The average Bonchev–Trinajstić information content (AvgIpc) is 2.70. The van der Waals surface area contributed by atoms with Crippen LogP contribution in [0.25, 0.3) is 10.6 Å². The predicted octanol–water partition coefficient (Wildman–Crippen LogP) is 2.93. The van der Waals surface area contributed by atoms with Crippen LogP contribution >= 0.6 is 11.3 Å². The van der Waals surface area contributed by atoms with E-state index in [2.05, 4.69) is 14.7 Å². The van der Waals surface area contributed by atoms with Crippen molar-refractivity contribution >= 4 is 17.6 Å². The number of alkyl halides is 2. The highest BCUT2D eigenvalue weighted by Crippen LogP contribution is 2.32. The van der Waals surface area contributed by atoms with E-state index in [-0.39, 0.29) is 5.88 Å². The second-order valence-corrected chi connectivity index (χ2v) is 4.35. The number of aromatic nitrogens is 2. The van der Waals surface area contributed by atoms with Crippen molar-refractivity contribution in [2.75, 3.05) is 0 Å². The first-order valence-corrected chi connectivity index (χ1v) is 5.76. The summed E-state index contributed by atoms with van der Waals surface area (Å²) in [6.07, 6.45) is 2.03. The van der Waals surface area contributed by atoms with E-state index < -0.39 is 6.61 Å². The van der Waals surface area contributed by atoms with Crippen LogP contribution in [-0.4, -0.2) is 22.9 Å². The Morgan fingerprint density at radius 3 is 2.89 bits per heavy atom. The van der Waals surface area contributed by atoms with Gasteiger partial charge in [-0.1, -0.05) is 0 Å². The fourth-order valence-corrected chi connectivity index (χ4v) is 2.26. The molecule has 2 heterocycles. The number of carbonyl (C=O) groups excluding carboxylic acids is 1. The molecule has 0 bridgehead atoms. The molecular weight excluding hydrogens is 262 g/mol. The second kappa shape index (κ2) is 5.18. The monoisotopic (exact) mass is 270 g/mol. The van der Waals surface area contributed by atoms with Gasteiger partial charge in [0.2, 0.25) is 5.88 Å². The minimum Gasteiger partial charge on any atom is -0.416 e. The maximum Gasteiger partial charge on any atom is 0.388 e. The molecule has 0 unspecified atom stereocenters. The zero-order valence-electron chi connectivity index (χ0n) is 9.26. The molecule has 0 aliphatic heterocycles. The summed E-state index contributed by atoms with van der Waals surface area (Å²) < 4.78 is 28.8. The number of halogens is 2. The molecule has 0 amide bonds. The first-order valence-electron chi connectivity index (χ1n) is 4.94. The van der Waals surface area contributed by atoms with Gasteiger partial charge in [-0.05, 0) is 19.1 Å². The van der Waals surface area contributed by atoms with Gasteiger partial charge in [-0.25, -0.2) is 9.97 Å². The van der Waals surface area contributed by atoms with Gasteiger partial charge in [0.1, 0.15) is 5.01 Å². The lowest BCUT2D eigenvalue weighted by Gasteiger charge is -2.06. The number of aldehydes is 1. The average molecular weight is 270 g/mol. The van der Waals surface area contributed by atoms with Crippen LogP contribution in [0, 0.1) is 6.92 Å². The summed E-state index contributed by atoms with van der Waals surface area (Å²) in [6, 6.07) is 3.16. The molecule has 0 atom stereocenters. The van der Waals surface area contributed by atoms with Crippen LogP contribution in [0.3, 0.4) is 0 Å². The number of pyridine rings is 1. The number of rotatable bonds is 4. The molecule has 18 heavy (non-hydrogen) atoms. The Labute approximate surface area is 105 Å². The fraction of sp³-hybridized carbons (Fsp3) is 0.182. The zero-order chi connectivity index (χ0) is 13.1. The van der Waals surface area contributed by atoms with E-state index in [0.29, 0.717) is 27.4 Å². The lowest BCUT2D eigenvalue weighted by molar-refractivity contribution is -0.0524. The van der Waals surface area contributed by atoms with Crippen LogP contribution in [0.5, 0.6) is 5.88 Å². The van der Waals surface area contributed by atoms with Crippen molar-refractivity contribution in [2.24, 2.45) is 0 Å². The third kappa shape index (κ3) is 2.51. The molecule has 0 radical (unpaired) electrons. The van der Waals surface area contributed by atoms with Crippen molar-refractivity contribution in [3.8, 4) is 16.5 Å². The molecule has 0 N–H and O–H groups in total. The normalized spacial score (nSPS) is 10.7. The van der Waals surface area contributed by atoms with E-state index in [4.69, 9.17) is 0 Å². The summed E-state index contributed by atoms with van der Waals surface area (Å²) in [5.41, 5.74) is 0.899. The van der Waals surface area contributed by atoms with Gasteiger partial charge in [0.15, 0.2) is 6.29 Å². The van der Waals surface area contributed by atoms with Crippen molar-refractivity contribution in [1.82, 2.24) is 9.97 Å². The molecule has 0 fully saturated rings. The van der Waals surface area contributed by atoms with Gasteiger partial charge in [-0.3, -0.25) is 4.79 Å². The van der Waals surface area contributed by atoms with Crippen molar-refractivity contribution in [1.29, 1.82) is 0 Å². The molecule has 0 aromatic carbocycles. The van der Waals surface area contributed by atoms with Crippen molar-refractivity contribution in [3.63, 3.8) is 0 Å². The van der Waals surface area contributed by atoms with Crippen LogP contribution in [0.4, 0.5) is 8.78 Å². The standard InChI is InChI=1S/C11H8F2N2O2S/c1-6-8(5-16)18-10(15-6)7-3-2-4-14-9(7)17-11(12)13/h2-5,11H,1H3. The van der Waals surface area contributed by atoms with E-state index in [9.17, 15) is 13.6 Å². The maximum absolute atomic E-state index is 12.2. The number of hydrogen-bond acceptors (Lipinski definition) is 5. The molecule has 0 spiro atoms. The van der Waals surface area contributed by atoms with E-state index in [0.717, 1.165) is 11.3 Å². The Balaban J connectivity index is 2.45. The summed E-state index contributed by atoms with van der Waals surface area (Å²) >= 11 is 1.11. The molecule has 7 heteroatoms. The Morgan fingerprint density at radius 2 is 2.28 bits per heavy atom. The smallest absolute Gasteiger partial charge is 0.388 e. The largest absolute Gasteiger partial charge is 0.416 e. The van der Waals surface area contributed by atoms with E-state index in [1.807, 2.05) is 0 Å². The van der Waals surface area contributed by atoms with Crippen LogP contribution in [0.2, 0.25) is 0 Å². The first kappa shape index (κ1) is 12.6. The van der Waals surface area contributed by atoms with Gasteiger partial charge in [0.05, 0.1) is 16.1 Å². The summed E-state index contributed by atoms with van der Waals surface area (Å²) in [5, 5.41) is 0.429. The molecule has 0 saturated heterocycles. The maximum atomic E-state index is 12.2. The number of thiazole rings is 1. The Bertz CT molecular complexity index is 572. The minimum atomic E-state index is -2.95. The summed E-state index contributed by atoms with van der Waals surface area (Å²) in [5.74, 6) is -0.196. The van der Waals surface area contributed by atoms with E-state index >= 15 is 0 Å². The Morgan fingerprint density at radius 1 is 1.50 bits per heavy atom. The molecule has 2 aromatic heterocycles. The van der Waals surface area contributed by atoms with Crippen LogP contribution in [0.1, 0.15) is 15.4 Å². The molecule has 0 aliphatic rings. The molecule has 0 aliphatic carbocycles. The lowest BCUT2D eigenvalue weighted by atomic mass is 10.3. The number of aryl methyl sites for hydroxylation is 1.